The fraction of sp³-hybridized carbons (Fsp3) is 0.379. The van der Waals surface area contributed by atoms with Crippen molar-refractivity contribution in [2.45, 2.75) is 57.5 Å². The maximum atomic E-state index is 14.0. The van der Waals surface area contributed by atoms with Gasteiger partial charge in [-0.15, -0.1) is 11.3 Å². The van der Waals surface area contributed by atoms with Crippen molar-refractivity contribution in [3.63, 3.8) is 0 Å². The number of carbonyl (C=O) groups excluding carboxylic acids is 2. The predicted octanol–water partition coefficient (Wildman–Crippen LogP) is 5.91. The molecular weight excluding hydrogens is 486 g/mol. The summed E-state index contributed by atoms with van der Waals surface area (Å²) in [6, 6.07) is 15.9. The van der Waals surface area contributed by atoms with Crippen LogP contribution in [0.5, 0.6) is 0 Å². The molecule has 1 unspecified atom stereocenters. The van der Waals surface area contributed by atoms with Gasteiger partial charge in [-0.05, 0) is 60.4 Å². The molecule has 2 aliphatic rings. The first kappa shape index (κ1) is 25.1. The molecular formula is C29H31N3O4S. The molecule has 0 radical (unpaired) electrons. The lowest BCUT2D eigenvalue weighted by Crippen LogP contribution is -2.50. The summed E-state index contributed by atoms with van der Waals surface area (Å²) >= 11 is 1.73. The van der Waals surface area contributed by atoms with Crippen LogP contribution in [0.25, 0.3) is 0 Å². The zero-order chi connectivity index (χ0) is 25.9. The van der Waals surface area contributed by atoms with Crippen LogP contribution in [0.2, 0.25) is 0 Å². The second kappa shape index (κ2) is 10.8. The number of carbonyl (C=O) groups is 2. The molecule has 0 spiro atoms. The molecule has 1 aromatic heterocycles. The molecule has 192 valence electrons. The van der Waals surface area contributed by atoms with Crippen LogP contribution in [-0.2, 0) is 11.2 Å². The number of aryl methyl sites for hydroxylation is 1. The first-order valence-electron chi connectivity index (χ1n) is 12.9. The monoisotopic (exact) mass is 517 g/mol. The van der Waals surface area contributed by atoms with Crippen molar-refractivity contribution in [1.82, 2.24) is 9.80 Å². The Morgan fingerprint density at radius 1 is 1.05 bits per heavy atom. The molecule has 1 atom stereocenters. The number of hydrogen-bond donors (Lipinski definition) is 0. The minimum absolute atomic E-state index is 0.0337. The lowest BCUT2D eigenvalue weighted by atomic mass is 9.90. The largest absolute Gasteiger partial charge is 0.330 e. The summed E-state index contributed by atoms with van der Waals surface area (Å²) in [5.74, 6) is -0.404. The molecule has 0 bridgehead atoms. The molecule has 2 heterocycles. The quantitative estimate of drug-likeness (QED) is 0.300. The van der Waals surface area contributed by atoms with Gasteiger partial charge in [-0.3, -0.25) is 19.7 Å². The van der Waals surface area contributed by atoms with E-state index in [1.54, 1.807) is 22.3 Å². The second-order valence-corrected chi connectivity index (χ2v) is 10.9. The Balaban J connectivity index is 1.47. The highest BCUT2D eigenvalue weighted by Gasteiger charge is 2.36. The van der Waals surface area contributed by atoms with Crippen molar-refractivity contribution < 1.29 is 14.5 Å². The number of fused-ring (bicyclic) bond motifs is 1. The van der Waals surface area contributed by atoms with E-state index in [-0.39, 0.29) is 41.7 Å². The van der Waals surface area contributed by atoms with Crippen LogP contribution >= 0.6 is 11.3 Å². The zero-order valence-electron chi connectivity index (χ0n) is 21.0. The van der Waals surface area contributed by atoms with Gasteiger partial charge in [-0.25, -0.2) is 0 Å². The summed E-state index contributed by atoms with van der Waals surface area (Å²) in [7, 11) is 0. The zero-order valence-corrected chi connectivity index (χ0v) is 21.8. The van der Waals surface area contributed by atoms with Crippen molar-refractivity contribution in [2.75, 3.05) is 13.1 Å². The van der Waals surface area contributed by atoms with E-state index in [0.29, 0.717) is 6.54 Å². The third-order valence-electron chi connectivity index (χ3n) is 7.66. The third-order valence-corrected chi connectivity index (χ3v) is 8.65. The number of hydrogen-bond acceptors (Lipinski definition) is 5. The van der Waals surface area contributed by atoms with Crippen molar-refractivity contribution in [2.24, 2.45) is 0 Å². The summed E-state index contributed by atoms with van der Waals surface area (Å²) in [5, 5.41) is 13.4. The number of non-ortho nitro benzene ring substituents is 1. The van der Waals surface area contributed by atoms with E-state index >= 15 is 0 Å². The molecule has 2 aromatic carbocycles. The fourth-order valence-electron chi connectivity index (χ4n) is 5.73. The first-order chi connectivity index (χ1) is 17.9. The van der Waals surface area contributed by atoms with Crippen LogP contribution in [0.3, 0.4) is 0 Å². The van der Waals surface area contributed by atoms with Gasteiger partial charge in [0.25, 0.3) is 11.6 Å². The molecule has 37 heavy (non-hydrogen) atoms. The number of amides is 2. The fourth-order valence-corrected chi connectivity index (χ4v) is 6.63. The molecule has 0 saturated heterocycles. The number of nitrogens with zero attached hydrogens (tertiary/aromatic N) is 3. The van der Waals surface area contributed by atoms with Gasteiger partial charge in [0, 0.05) is 35.2 Å². The highest BCUT2D eigenvalue weighted by atomic mass is 32.1. The number of rotatable bonds is 6. The third kappa shape index (κ3) is 5.16. The Bertz CT molecular complexity index is 1310. The van der Waals surface area contributed by atoms with Crippen molar-refractivity contribution in [3.05, 3.63) is 97.2 Å². The van der Waals surface area contributed by atoms with Gasteiger partial charge in [0.1, 0.15) is 6.54 Å². The van der Waals surface area contributed by atoms with E-state index in [1.165, 1.54) is 23.1 Å². The number of nitro groups is 1. The van der Waals surface area contributed by atoms with E-state index in [4.69, 9.17) is 0 Å². The Labute approximate surface area is 220 Å². The van der Waals surface area contributed by atoms with Crippen LogP contribution in [0.1, 0.15) is 70.1 Å². The summed E-state index contributed by atoms with van der Waals surface area (Å²) in [5.41, 5.74) is 3.52. The van der Waals surface area contributed by atoms with E-state index in [0.717, 1.165) is 55.2 Å². The summed E-state index contributed by atoms with van der Waals surface area (Å²) < 4.78 is 0. The van der Waals surface area contributed by atoms with E-state index in [9.17, 15) is 19.7 Å². The molecule has 0 N–H and O–H groups in total. The average molecular weight is 518 g/mol. The molecule has 7 nitrogen and oxygen atoms in total. The molecule has 1 aliphatic carbocycles. The van der Waals surface area contributed by atoms with E-state index in [2.05, 4.69) is 30.5 Å². The number of thiophene rings is 1. The topological polar surface area (TPSA) is 83.8 Å². The second-order valence-electron chi connectivity index (χ2n) is 9.93. The molecule has 1 saturated carbocycles. The van der Waals surface area contributed by atoms with E-state index in [1.807, 2.05) is 17.0 Å². The van der Waals surface area contributed by atoms with Gasteiger partial charge >= 0.3 is 0 Å². The lowest BCUT2D eigenvalue weighted by Gasteiger charge is -2.40. The van der Waals surface area contributed by atoms with Crippen LogP contribution in [0, 0.1) is 17.0 Å². The number of benzene rings is 2. The summed E-state index contributed by atoms with van der Waals surface area (Å²) in [6.07, 6.45) is 5.60. The molecule has 5 rings (SSSR count). The normalized spacial score (nSPS) is 17.8. The minimum Gasteiger partial charge on any atom is -0.330 e. The van der Waals surface area contributed by atoms with Crippen LogP contribution in [0.15, 0.2) is 60.0 Å². The lowest BCUT2D eigenvalue weighted by molar-refractivity contribution is -0.384. The summed E-state index contributed by atoms with van der Waals surface area (Å²) in [6.45, 7) is 2.63. The van der Waals surface area contributed by atoms with Gasteiger partial charge < -0.3 is 9.80 Å². The Hall–Kier alpha value is -3.52. The minimum atomic E-state index is -0.494. The SMILES string of the molecule is Cc1ccccc1C1c2ccsc2CCN1C(=O)CN(C(=O)c1cccc([N+](=O)[O-])c1)C1CCCCC1. The van der Waals surface area contributed by atoms with E-state index < -0.39 is 4.92 Å². The standard InChI is InChI=1S/C29H31N3O4S/c1-20-8-5-6-13-24(20)28-25-15-17-37-26(25)14-16-30(28)27(33)19-31(22-10-3-2-4-11-22)29(34)21-9-7-12-23(18-21)32(35)36/h5-9,12-13,15,17-18,22,28H,2-4,10-11,14,16,19H2,1H3. The van der Waals surface area contributed by atoms with Crippen LogP contribution in [-0.4, -0.2) is 45.7 Å². The van der Waals surface area contributed by atoms with Crippen LogP contribution in [0.4, 0.5) is 5.69 Å². The smallest absolute Gasteiger partial charge is 0.270 e. The Morgan fingerprint density at radius 3 is 2.59 bits per heavy atom. The molecule has 3 aromatic rings. The Morgan fingerprint density at radius 2 is 1.84 bits per heavy atom. The first-order valence-corrected chi connectivity index (χ1v) is 13.8. The maximum Gasteiger partial charge on any atom is 0.270 e. The molecule has 1 fully saturated rings. The maximum absolute atomic E-state index is 14.0. The van der Waals surface area contributed by atoms with Crippen LogP contribution < -0.4 is 0 Å². The van der Waals surface area contributed by atoms with Gasteiger partial charge in [0.2, 0.25) is 5.91 Å². The predicted molar refractivity (Wildman–Crippen MR) is 144 cm³/mol. The van der Waals surface area contributed by atoms with Gasteiger partial charge in [0.05, 0.1) is 11.0 Å². The van der Waals surface area contributed by atoms with Gasteiger partial charge in [0.15, 0.2) is 0 Å². The highest BCUT2D eigenvalue weighted by molar-refractivity contribution is 7.10. The Kier molecular flexibility index (Phi) is 7.37. The molecule has 1 aliphatic heterocycles. The average Bonchev–Trinajstić information content (AvgIpc) is 3.41. The number of nitro benzene ring substituents is 1. The molecule has 2 amide bonds. The summed E-state index contributed by atoms with van der Waals surface area (Å²) in [4.78, 5) is 43.5. The van der Waals surface area contributed by atoms with Gasteiger partial charge in [-0.1, -0.05) is 49.6 Å². The molecule has 8 heteroatoms. The van der Waals surface area contributed by atoms with Crippen molar-refractivity contribution in [1.29, 1.82) is 0 Å². The highest BCUT2D eigenvalue weighted by Crippen LogP contribution is 2.39. The van der Waals surface area contributed by atoms with Crippen molar-refractivity contribution in [3.8, 4) is 0 Å². The van der Waals surface area contributed by atoms with Crippen molar-refractivity contribution >= 4 is 28.8 Å². The van der Waals surface area contributed by atoms with Gasteiger partial charge in [-0.2, -0.15) is 0 Å².